The molecule has 1 aliphatic rings. The Morgan fingerprint density at radius 3 is 2.52 bits per heavy atom. The maximum atomic E-state index is 12.3. The smallest absolute Gasteiger partial charge is 0.312 e. The second kappa shape index (κ2) is 7.92. The summed E-state index contributed by atoms with van der Waals surface area (Å²) in [5.41, 5.74) is 1.77. The number of benzene rings is 2. The van der Waals surface area contributed by atoms with Crippen molar-refractivity contribution in [2.75, 3.05) is 6.61 Å². The van der Waals surface area contributed by atoms with E-state index >= 15 is 0 Å². The van der Waals surface area contributed by atoms with Gasteiger partial charge in [-0.3, -0.25) is 4.79 Å². The van der Waals surface area contributed by atoms with E-state index in [-0.39, 0.29) is 11.4 Å². The molecule has 3 nitrogen and oxygen atoms in total. The second-order valence-corrected chi connectivity index (χ2v) is 6.98. The minimum Gasteiger partial charge on any atom is -0.487 e. The molecule has 0 radical (unpaired) electrons. The molecule has 0 heterocycles. The summed E-state index contributed by atoms with van der Waals surface area (Å²) in [6.07, 6.45) is 3.51. The van der Waals surface area contributed by atoms with Gasteiger partial charge in [0.15, 0.2) is 0 Å². The van der Waals surface area contributed by atoms with Crippen molar-refractivity contribution in [1.82, 2.24) is 0 Å². The predicted octanol–water partition coefficient (Wildman–Crippen LogP) is 5.19. The fraction of sp³-hybridized carbons (Fsp3) is 0.381. The van der Waals surface area contributed by atoms with Gasteiger partial charge in [0.1, 0.15) is 12.4 Å². The van der Waals surface area contributed by atoms with Crippen LogP contribution in [0.25, 0.3) is 0 Å². The van der Waals surface area contributed by atoms with Crippen molar-refractivity contribution in [2.45, 2.75) is 39.2 Å². The first-order valence-corrected chi connectivity index (χ1v) is 9.13. The first-order chi connectivity index (χ1) is 12.1. The Labute approximate surface area is 153 Å². The zero-order valence-electron chi connectivity index (χ0n) is 14.5. The molecule has 2 aromatic rings. The third-order valence-electron chi connectivity index (χ3n) is 4.79. The third-order valence-corrected chi connectivity index (χ3v) is 5.11. The molecule has 0 aromatic heterocycles. The molecule has 4 heteroatoms. The van der Waals surface area contributed by atoms with Crippen LogP contribution >= 0.6 is 11.6 Å². The zero-order chi connectivity index (χ0) is 17.7. The van der Waals surface area contributed by atoms with Crippen molar-refractivity contribution < 1.29 is 14.3 Å². The summed E-state index contributed by atoms with van der Waals surface area (Å²) < 4.78 is 11.2. The summed E-state index contributed by atoms with van der Waals surface area (Å²) in [6.45, 7) is 2.74. The molecule has 0 amide bonds. The molecule has 0 unspecified atom stereocenters. The Kier molecular flexibility index (Phi) is 5.64. The molecule has 0 bridgehead atoms. The molecule has 0 spiro atoms. The first-order valence-electron chi connectivity index (χ1n) is 8.75. The molecule has 0 atom stereocenters. The highest BCUT2D eigenvalue weighted by atomic mass is 35.5. The summed E-state index contributed by atoms with van der Waals surface area (Å²) in [6, 6.07) is 15.7. The number of halogens is 1. The molecule has 25 heavy (non-hydrogen) atoms. The number of carbonyl (C=O) groups excluding carboxylic acids is 1. The SMILES string of the molecule is CCOC(=O)C1(Cc2ccc(Cl)c(OCc3ccccc3)c2)CCC1. The summed E-state index contributed by atoms with van der Waals surface area (Å²) in [5, 5.41) is 0.582. The van der Waals surface area contributed by atoms with Crippen molar-refractivity contribution in [3.63, 3.8) is 0 Å². The minimum atomic E-state index is -0.374. The van der Waals surface area contributed by atoms with Crippen LogP contribution in [0.3, 0.4) is 0 Å². The molecule has 0 saturated heterocycles. The van der Waals surface area contributed by atoms with Gasteiger partial charge in [-0.2, -0.15) is 0 Å². The Hall–Kier alpha value is -2.00. The lowest BCUT2D eigenvalue weighted by atomic mass is 9.65. The number of rotatable bonds is 7. The highest BCUT2D eigenvalue weighted by molar-refractivity contribution is 6.32. The molecule has 0 N–H and O–H groups in total. The molecule has 3 rings (SSSR count). The van der Waals surface area contributed by atoms with Crippen molar-refractivity contribution in [1.29, 1.82) is 0 Å². The predicted molar refractivity (Wildman–Crippen MR) is 98.8 cm³/mol. The fourth-order valence-corrected chi connectivity index (χ4v) is 3.41. The van der Waals surface area contributed by atoms with Crippen molar-refractivity contribution in [2.24, 2.45) is 5.41 Å². The van der Waals surface area contributed by atoms with Crippen LogP contribution in [0.15, 0.2) is 48.5 Å². The van der Waals surface area contributed by atoms with Crippen molar-refractivity contribution in [3.8, 4) is 5.75 Å². The topological polar surface area (TPSA) is 35.5 Å². The summed E-state index contributed by atoms with van der Waals surface area (Å²) in [5.74, 6) is 0.573. The van der Waals surface area contributed by atoms with Gasteiger partial charge in [0.25, 0.3) is 0 Å². The van der Waals surface area contributed by atoms with E-state index in [1.54, 1.807) is 0 Å². The molecular weight excluding hydrogens is 336 g/mol. The lowest BCUT2D eigenvalue weighted by molar-refractivity contribution is -0.161. The van der Waals surface area contributed by atoms with Gasteiger partial charge in [0.05, 0.1) is 17.0 Å². The quantitative estimate of drug-likeness (QED) is 0.638. The Morgan fingerprint density at radius 1 is 1.12 bits per heavy atom. The monoisotopic (exact) mass is 358 g/mol. The van der Waals surface area contributed by atoms with Crippen molar-refractivity contribution in [3.05, 3.63) is 64.7 Å². The highest BCUT2D eigenvalue weighted by Crippen LogP contribution is 2.45. The van der Waals surface area contributed by atoms with Gasteiger partial charge < -0.3 is 9.47 Å². The van der Waals surface area contributed by atoms with Crippen LogP contribution in [0.1, 0.15) is 37.3 Å². The molecular formula is C21H23ClO3. The molecule has 1 aliphatic carbocycles. The lowest BCUT2D eigenvalue weighted by Gasteiger charge is -2.39. The number of esters is 1. The number of ether oxygens (including phenoxy) is 2. The average Bonchev–Trinajstić information content (AvgIpc) is 2.59. The molecule has 2 aromatic carbocycles. The van der Waals surface area contributed by atoms with E-state index in [1.165, 1.54) is 0 Å². The van der Waals surface area contributed by atoms with Crippen LogP contribution in [0.2, 0.25) is 5.02 Å². The van der Waals surface area contributed by atoms with Crippen molar-refractivity contribution >= 4 is 17.6 Å². The average molecular weight is 359 g/mol. The normalized spacial score (nSPS) is 15.3. The standard InChI is InChI=1S/C21H23ClO3/c1-2-24-20(23)21(11-6-12-21)14-17-9-10-18(22)19(13-17)25-15-16-7-4-3-5-8-16/h3-5,7-10,13H,2,6,11-12,14-15H2,1H3. The second-order valence-electron chi connectivity index (χ2n) is 6.57. The zero-order valence-corrected chi connectivity index (χ0v) is 15.2. The van der Waals surface area contributed by atoms with Gasteiger partial charge in [0, 0.05) is 0 Å². The van der Waals surface area contributed by atoms with E-state index in [9.17, 15) is 4.79 Å². The minimum absolute atomic E-state index is 0.0806. The highest BCUT2D eigenvalue weighted by Gasteiger charge is 2.45. The summed E-state index contributed by atoms with van der Waals surface area (Å²) in [4.78, 5) is 12.3. The Bertz CT molecular complexity index is 723. The van der Waals surface area contributed by atoms with E-state index < -0.39 is 0 Å². The number of hydrogen-bond donors (Lipinski definition) is 0. The van der Waals surface area contributed by atoms with Crippen LogP contribution in [-0.4, -0.2) is 12.6 Å². The lowest BCUT2D eigenvalue weighted by Crippen LogP contribution is -2.41. The van der Waals surface area contributed by atoms with Crippen LogP contribution in [0, 0.1) is 5.41 Å². The van der Waals surface area contributed by atoms with Gasteiger partial charge in [-0.15, -0.1) is 0 Å². The van der Waals surface area contributed by atoms with Crippen LogP contribution in [-0.2, 0) is 22.6 Å². The van der Waals surface area contributed by atoms with E-state index in [1.807, 2.05) is 55.5 Å². The first kappa shape index (κ1) is 17.8. The summed E-state index contributed by atoms with van der Waals surface area (Å²) >= 11 is 6.28. The summed E-state index contributed by atoms with van der Waals surface area (Å²) in [7, 11) is 0. The van der Waals surface area contributed by atoms with Gasteiger partial charge >= 0.3 is 5.97 Å². The fourth-order valence-electron chi connectivity index (χ4n) is 3.24. The van der Waals surface area contributed by atoms with Gasteiger partial charge in [-0.25, -0.2) is 0 Å². The van der Waals surface area contributed by atoms with Gasteiger partial charge in [-0.1, -0.05) is 54.4 Å². The van der Waals surface area contributed by atoms with Gasteiger partial charge in [-0.05, 0) is 49.4 Å². The Morgan fingerprint density at radius 2 is 1.88 bits per heavy atom. The van der Waals surface area contributed by atoms with Crippen LogP contribution < -0.4 is 4.74 Å². The van der Waals surface area contributed by atoms with E-state index in [4.69, 9.17) is 21.1 Å². The third kappa shape index (κ3) is 4.16. The van der Waals surface area contributed by atoms with Gasteiger partial charge in [0.2, 0.25) is 0 Å². The largest absolute Gasteiger partial charge is 0.487 e. The number of carbonyl (C=O) groups is 1. The van der Waals surface area contributed by atoms with Crippen LogP contribution in [0.5, 0.6) is 5.75 Å². The molecule has 0 aliphatic heterocycles. The number of hydrogen-bond acceptors (Lipinski definition) is 3. The van der Waals surface area contributed by atoms with E-state index in [2.05, 4.69) is 0 Å². The maximum Gasteiger partial charge on any atom is 0.312 e. The van der Waals surface area contributed by atoms with Crippen LogP contribution in [0.4, 0.5) is 0 Å². The van der Waals surface area contributed by atoms with E-state index in [0.717, 1.165) is 30.4 Å². The van der Waals surface area contributed by atoms with E-state index in [0.29, 0.717) is 30.4 Å². The molecule has 132 valence electrons. The Balaban J connectivity index is 1.71. The molecule has 1 saturated carbocycles. The maximum absolute atomic E-state index is 12.3. The molecule has 1 fully saturated rings.